The summed E-state index contributed by atoms with van der Waals surface area (Å²) in [6, 6.07) is 5.61. The van der Waals surface area contributed by atoms with Crippen LogP contribution in [0.5, 0.6) is 5.75 Å². The Kier molecular flexibility index (Phi) is 4.31. The number of hydrogen-bond acceptors (Lipinski definition) is 3. The molecule has 0 saturated carbocycles. The number of methoxy groups -OCH3 is 1. The number of carbonyl (C=O) groups excluding carboxylic acids is 1. The second-order valence-corrected chi connectivity index (χ2v) is 3.51. The van der Waals surface area contributed by atoms with Gasteiger partial charge in [-0.2, -0.15) is 0 Å². The number of aryl methyl sites for hydroxylation is 1. The predicted molar refractivity (Wildman–Crippen MR) is 57.9 cm³/mol. The van der Waals surface area contributed by atoms with Gasteiger partial charge in [0.25, 0.3) is 0 Å². The Bertz CT molecular complexity index is 345. The normalized spacial score (nSPS) is 10.1. The van der Waals surface area contributed by atoms with Gasteiger partial charge in [-0.1, -0.05) is 12.1 Å². The molecule has 0 spiro atoms. The Morgan fingerprint density at radius 2 is 2.20 bits per heavy atom. The lowest BCUT2D eigenvalue weighted by molar-refractivity contribution is -0.116. The molecule has 0 aliphatic heterocycles. The van der Waals surface area contributed by atoms with E-state index < -0.39 is 0 Å². The van der Waals surface area contributed by atoms with Gasteiger partial charge in [0.05, 0.1) is 13.7 Å². The van der Waals surface area contributed by atoms with Crippen LogP contribution in [0.15, 0.2) is 18.2 Å². The van der Waals surface area contributed by atoms with E-state index in [-0.39, 0.29) is 12.4 Å². The summed E-state index contributed by atoms with van der Waals surface area (Å²) in [7, 11) is 1.57. The van der Waals surface area contributed by atoms with E-state index in [1.807, 2.05) is 18.2 Å². The molecule has 0 atom stereocenters. The lowest BCUT2D eigenvalue weighted by Gasteiger charge is -2.08. The van der Waals surface area contributed by atoms with E-state index in [0.717, 1.165) is 17.5 Å². The van der Waals surface area contributed by atoms with Crippen molar-refractivity contribution in [3.63, 3.8) is 0 Å². The highest BCUT2D eigenvalue weighted by molar-refractivity contribution is 5.75. The first-order valence-corrected chi connectivity index (χ1v) is 4.93. The Labute approximate surface area is 89.7 Å². The number of aliphatic hydroxyl groups excluding tert-OH is 1. The third-order valence-corrected chi connectivity index (χ3v) is 2.29. The minimum atomic E-state index is -0.0316. The third-order valence-electron chi connectivity index (χ3n) is 2.29. The van der Waals surface area contributed by atoms with Gasteiger partial charge in [-0.25, -0.2) is 0 Å². The Morgan fingerprint density at radius 3 is 2.73 bits per heavy atom. The molecule has 1 rings (SSSR count). The molecule has 0 unspecified atom stereocenters. The molecule has 0 bridgehead atoms. The number of aliphatic hydroxyl groups is 1. The molecule has 1 aromatic rings. The molecule has 0 heterocycles. The minimum absolute atomic E-state index is 0.0316. The molecule has 0 fully saturated rings. The standard InChI is InChI=1S/C12H16O3/c1-9(14)3-4-10-5-6-11(8-13)12(7-10)15-2/h5-7,13H,3-4,8H2,1-2H3. The van der Waals surface area contributed by atoms with Crippen molar-refractivity contribution >= 4 is 5.78 Å². The van der Waals surface area contributed by atoms with E-state index in [1.165, 1.54) is 0 Å². The zero-order valence-electron chi connectivity index (χ0n) is 9.12. The van der Waals surface area contributed by atoms with Crippen LogP contribution in [0.2, 0.25) is 0 Å². The maximum absolute atomic E-state index is 10.8. The van der Waals surface area contributed by atoms with Gasteiger partial charge in [-0.05, 0) is 25.0 Å². The summed E-state index contributed by atoms with van der Waals surface area (Å²) in [6.07, 6.45) is 1.26. The maximum Gasteiger partial charge on any atom is 0.130 e. The number of ether oxygens (including phenoxy) is 1. The summed E-state index contributed by atoms with van der Waals surface area (Å²) in [4.78, 5) is 10.8. The summed E-state index contributed by atoms with van der Waals surface area (Å²) in [5.74, 6) is 0.860. The molecule has 1 aromatic carbocycles. The van der Waals surface area contributed by atoms with Crippen LogP contribution in [0.25, 0.3) is 0 Å². The fourth-order valence-corrected chi connectivity index (χ4v) is 1.40. The van der Waals surface area contributed by atoms with E-state index in [2.05, 4.69) is 0 Å². The van der Waals surface area contributed by atoms with Crippen molar-refractivity contribution in [2.75, 3.05) is 7.11 Å². The van der Waals surface area contributed by atoms with Gasteiger partial charge in [0, 0.05) is 12.0 Å². The molecule has 3 heteroatoms. The Morgan fingerprint density at radius 1 is 1.47 bits per heavy atom. The highest BCUT2D eigenvalue weighted by Gasteiger charge is 2.04. The monoisotopic (exact) mass is 208 g/mol. The highest BCUT2D eigenvalue weighted by Crippen LogP contribution is 2.20. The van der Waals surface area contributed by atoms with E-state index in [9.17, 15) is 4.79 Å². The van der Waals surface area contributed by atoms with E-state index in [0.29, 0.717) is 12.2 Å². The van der Waals surface area contributed by atoms with Crippen LogP contribution in [-0.2, 0) is 17.8 Å². The van der Waals surface area contributed by atoms with Gasteiger partial charge in [-0.15, -0.1) is 0 Å². The first-order valence-electron chi connectivity index (χ1n) is 4.93. The van der Waals surface area contributed by atoms with E-state index in [1.54, 1.807) is 14.0 Å². The number of ketones is 1. The maximum atomic E-state index is 10.8. The molecule has 0 amide bonds. The molecule has 0 aliphatic carbocycles. The van der Waals surface area contributed by atoms with Gasteiger partial charge in [-0.3, -0.25) is 0 Å². The Hall–Kier alpha value is -1.35. The van der Waals surface area contributed by atoms with Crippen molar-refractivity contribution in [2.24, 2.45) is 0 Å². The summed E-state index contributed by atoms with van der Waals surface area (Å²) in [6.45, 7) is 1.55. The van der Waals surface area contributed by atoms with Crippen LogP contribution in [-0.4, -0.2) is 18.0 Å². The van der Waals surface area contributed by atoms with Crippen LogP contribution in [0.1, 0.15) is 24.5 Å². The highest BCUT2D eigenvalue weighted by atomic mass is 16.5. The van der Waals surface area contributed by atoms with Crippen molar-refractivity contribution in [3.05, 3.63) is 29.3 Å². The topological polar surface area (TPSA) is 46.5 Å². The van der Waals surface area contributed by atoms with Crippen molar-refractivity contribution < 1.29 is 14.6 Å². The van der Waals surface area contributed by atoms with Crippen molar-refractivity contribution in [1.29, 1.82) is 0 Å². The number of hydrogen-bond donors (Lipinski definition) is 1. The average molecular weight is 208 g/mol. The lowest BCUT2D eigenvalue weighted by atomic mass is 10.1. The number of carbonyl (C=O) groups is 1. The van der Waals surface area contributed by atoms with Crippen LogP contribution in [0, 0.1) is 0 Å². The summed E-state index contributed by atoms with van der Waals surface area (Å²) in [5, 5.41) is 9.02. The second-order valence-electron chi connectivity index (χ2n) is 3.51. The van der Waals surface area contributed by atoms with Gasteiger partial charge < -0.3 is 14.6 Å². The van der Waals surface area contributed by atoms with Crippen LogP contribution >= 0.6 is 0 Å². The van der Waals surface area contributed by atoms with Gasteiger partial charge >= 0.3 is 0 Å². The van der Waals surface area contributed by atoms with Gasteiger partial charge in [0.1, 0.15) is 11.5 Å². The zero-order valence-corrected chi connectivity index (χ0v) is 9.12. The van der Waals surface area contributed by atoms with Crippen molar-refractivity contribution in [2.45, 2.75) is 26.4 Å². The summed E-state index contributed by atoms with van der Waals surface area (Å²) in [5.41, 5.74) is 1.82. The van der Waals surface area contributed by atoms with Crippen molar-refractivity contribution in [3.8, 4) is 5.75 Å². The van der Waals surface area contributed by atoms with Gasteiger partial charge in [0.15, 0.2) is 0 Å². The second kappa shape index (κ2) is 5.51. The fourth-order valence-electron chi connectivity index (χ4n) is 1.40. The zero-order chi connectivity index (χ0) is 11.3. The quantitative estimate of drug-likeness (QED) is 0.801. The fraction of sp³-hybridized carbons (Fsp3) is 0.417. The summed E-state index contributed by atoms with van der Waals surface area (Å²) < 4.78 is 5.14. The van der Waals surface area contributed by atoms with E-state index in [4.69, 9.17) is 9.84 Å². The molecule has 82 valence electrons. The largest absolute Gasteiger partial charge is 0.496 e. The number of Topliss-reactive ketones (excluding diaryl/α,β-unsaturated/α-hetero) is 1. The molecular formula is C12H16O3. The average Bonchev–Trinajstić information content (AvgIpc) is 2.25. The first-order chi connectivity index (χ1) is 7.17. The molecule has 0 aliphatic rings. The predicted octanol–water partition coefficient (Wildman–Crippen LogP) is 1.71. The van der Waals surface area contributed by atoms with Crippen LogP contribution in [0.4, 0.5) is 0 Å². The van der Waals surface area contributed by atoms with Crippen LogP contribution < -0.4 is 4.74 Å². The molecule has 15 heavy (non-hydrogen) atoms. The van der Waals surface area contributed by atoms with E-state index >= 15 is 0 Å². The molecule has 3 nitrogen and oxygen atoms in total. The Balaban J connectivity index is 2.78. The lowest BCUT2D eigenvalue weighted by Crippen LogP contribution is -1.97. The van der Waals surface area contributed by atoms with Crippen molar-refractivity contribution in [1.82, 2.24) is 0 Å². The SMILES string of the molecule is COc1cc(CCC(C)=O)ccc1CO. The minimum Gasteiger partial charge on any atom is -0.496 e. The molecule has 0 radical (unpaired) electrons. The smallest absolute Gasteiger partial charge is 0.130 e. The number of rotatable bonds is 5. The number of benzene rings is 1. The first kappa shape index (κ1) is 11.7. The molecule has 0 saturated heterocycles. The van der Waals surface area contributed by atoms with Crippen LogP contribution in [0.3, 0.4) is 0 Å². The molecule has 1 N–H and O–H groups in total. The molecular weight excluding hydrogens is 192 g/mol. The summed E-state index contributed by atoms with van der Waals surface area (Å²) >= 11 is 0. The molecule has 0 aromatic heterocycles. The third kappa shape index (κ3) is 3.36. The van der Waals surface area contributed by atoms with Gasteiger partial charge in [0.2, 0.25) is 0 Å².